The van der Waals surface area contributed by atoms with Crippen LogP contribution < -0.4 is 11.3 Å². The minimum Gasteiger partial charge on any atom is -0.373 e. The predicted molar refractivity (Wildman–Crippen MR) is 60.2 cm³/mol. The highest BCUT2D eigenvalue weighted by Gasteiger charge is 2.32. The number of carbonyl (C=O) groups is 1. The van der Waals surface area contributed by atoms with Gasteiger partial charge in [0.05, 0.1) is 12.0 Å². The van der Waals surface area contributed by atoms with Crippen LogP contribution in [0.2, 0.25) is 0 Å². The molecule has 0 spiro atoms. The molecule has 0 bridgehead atoms. The van der Waals surface area contributed by atoms with Crippen molar-refractivity contribution in [2.75, 3.05) is 6.61 Å². The summed E-state index contributed by atoms with van der Waals surface area (Å²) in [7, 11) is 0. The Hall–Kier alpha value is -1.39. The Labute approximate surface area is 94.8 Å². The number of hydrogen-bond acceptors (Lipinski definition) is 3. The van der Waals surface area contributed by atoms with Crippen molar-refractivity contribution in [1.82, 2.24) is 5.43 Å². The van der Waals surface area contributed by atoms with Gasteiger partial charge in [0.25, 0.3) is 0 Å². The molecule has 16 heavy (non-hydrogen) atoms. The molecule has 2 rings (SSSR count). The molecule has 4 heteroatoms. The maximum atomic E-state index is 11.6. The fourth-order valence-electron chi connectivity index (χ4n) is 2.13. The number of benzene rings is 1. The van der Waals surface area contributed by atoms with E-state index in [9.17, 15) is 4.79 Å². The van der Waals surface area contributed by atoms with Crippen molar-refractivity contribution < 1.29 is 9.53 Å². The second-order valence-electron chi connectivity index (χ2n) is 3.96. The van der Waals surface area contributed by atoms with E-state index in [-0.39, 0.29) is 17.9 Å². The van der Waals surface area contributed by atoms with E-state index in [1.54, 1.807) is 0 Å². The molecule has 3 N–H and O–H groups in total. The SMILES string of the molecule is NNC(=O)[C@@H]1CCCO[C@H]1c1ccccc1. The zero-order valence-corrected chi connectivity index (χ0v) is 9.06. The number of hydrazine groups is 1. The molecule has 1 amide bonds. The fraction of sp³-hybridized carbons (Fsp3) is 0.417. The molecular weight excluding hydrogens is 204 g/mol. The highest BCUT2D eigenvalue weighted by atomic mass is 16.5. The van der Waals surface area contributed by atoms with Gasteiger partial charge in [0.1, 0.15) is 0 Å². The van der Waals surface area contributed by atoms with Crippen molar-refractivity contribution in [1.29, 1.82) is 0 Å². The van der Waals surface area contributed by atoms with Crippen LogP contribution in [0, 0.1) is 5.92 Å². The minimum atomic E-state index is -0.179. The molecule has 1 aliphatic rings. The van der Waals surface area contributed by atoms with Gasteiger partial charge in [0.2, 0.25) is 5.91 Å². The first-order chi connectivity index (χ1) is 7.83. The normalized spacial score (nSPS) is 25.1. The van der Waals surface area contributed by atoms with Crippen LogP contribution in [0.25, 0.3) is 0 Å². The van der Waals surface area contributed by atoms with Crippen LogP contribution in [0.5, 0.6) is 0 Å². The Kier molecular flexibility index (Phi) is 3.54. The van der Waals surface area contributed by atoms with Crippen LogP contribution >= 0.6 is 0 Å². The molecule has 0 radical (unpaired) electrons. The van der Waals surface area contributed by atoms with Gasteiger partial charge in [-0.05, 0) is 18.4 Å². The third kappa shape index (κ3) is 2.23. The average molecular weight is 220 g/mol. The van der Waals surface area contributed by atoms with Crippen LogP contribution in [0.1, 0.15) is 24.5 Å². The first-order valence-electron chi connectivity index (χ1n) is 5.50. The minimum absolute atomic E-state index is 0.145. The first-order valence-corrected chi connectivity index (χ1v) is 5.50. The van der Waals surface area contributed by atoms with Crippen LogP contribution in [0.3, 0.4) is 0 Å². The lowest BCUT2D eigenvalue weighted by Gasteiger charge is -2.30. The summed E-state index contributed by atoms with van der Waals surface area (Å²) in [4.78, 5) is 11.6. The molecule has 0 unspecified atom stereocenters. The Morgan fingerprint density at radius 2 is 2.12 bits per heavy atom. The zero-order valence-electron chi connectivity index (χ0n) is 9.06. The van der Waals surface area contributed by atoms with E-state index < -0.39 is 0 Å². The van der Waals surface area contributed by atoms with Gasteiger partial charge in [0.15, 0.2) is 0 Å². The van der Waals surface area contributed by atoms with Crippen molar-refractivity contribution in [3.63, 3.8) is 0 Å². The average Bonchev–Trinajstić information content (AvgIpc) is 2.39. The van der Waals surface area contributed by atoms with Crippen molar-refractivity contribution in [3.8, 4) is 0 Å². The molecule has 1 aromatic carbocycles. The maximum absolute atomic E-state index is 11.6. The smallest absolute Gasteiger partial charge is 0.239 e. The number of carbonyl (C=O) groups excluding carboxylic acids is 1. The van der Waals surface area contributed by atoms with E-state index in [0.29, 0.717) is 6.61 Å². The Morgan fingerprint density at radius 1 is 1.38 bits per heavy atom. The third-order valence-electron chi connectivity index (χ3n) is 2.93. The third-order valence-corrected chi connectivity index (χ3v) is 2.93. The lowest BCUT2D eigenvalue weighted by molar-refractivity contribution is -0.134. The molecule has 0 aliphatic carbocycles. The van der Waals surface area contributed by atoms with Crippen molar-refractivity contribution in [2.24, 2.45) is 11.8 Å². The molecule has 1 heterocycles. The second kappa shape index (κ2) is 5.09. The molecule has 1 aromatic rings. The van der Waals surface area contributed by atoms with Crippen molar-refractivity contribution in [3.05, 3.63) is 35.9 Å². The van der Waals surface area contributed by atoms with Gasteiger partial charge in [-0.25, -0.2) is 5.84 Å². The Bertz CT molecular complexity index is 353. The summed E-state index contributed by atoms with van der Waals surface area (Å²) in [6, 6.07) is 9.80. The van der Waals surface area contributed by atoms with Gasteiger partial charge in [-0.15, -0.1) is 0 Å². The van der Waals surface area contributed by atoms with E-state index in [1.807, 2.05) is 30.3 Å². The lowest BCUT2D eigenvalue weighted by Crippen LogP contribution is -2.40. The van der Waals surface area contributed by atoms with E-state index in [0.717, 1.165) is 18.4 Å². The van der Waals surface area contributed by atoms with Gasteiger partial charge in [-0.1, -0.05) is 30.3 Å². The number of nitrogens with two attached hydrogens (primary N) is 1. The van der Waals surface area contributed by atoms with Crippen LogP contribution in [-0.2, 0) is 9.53 Å². The summed E-state index contributed by atoms with van der Waals surface area (Å²) in [5.74, 6) is 4.86. The summed E-state index contributed by atoms with van der Waals surface area (Å²) in [6.45, 7) is 0.702. The van der Waals surface area contributed by atoms with E-state index in [2.05, 4.69) is 5.43 Å². The molecule has 1 saturated heterocycles. The van der Waals surface area contributed by atoms with Crippen LogP contribution in [-0.4, -0.2) is 12.5 Å². The van der Waals surface area contributed by atoms with Gasteiger partial charge < -0.3 is 4.74 Å². The zero-order chi connectivity index (χ0) is 11.4. The summed E-state index contributed by atoms with van der Waals surface area (Å²) in [6.07, 6.45) is 1.56. The summed E-state index contributed by atoms with van der Waals surface area (Å²) in [5, 5.41) is 0. The van der Waals surface area contributed by atoms with Crippen LogP contribution in [0.15, 0.2) is 30.3 Å². The summed E-state index contributed by atoms with van der Waals surface area (Å²) < 4.78 is 5.68. The highest BCUT2D eigenvalue weighted by molar-refractivity contribution is 5.78. The van der Waals surface area contributed by atoms with Crippen LogP contribution in [0.4, 0.5) is 0 Å². The fourth-order valence-corrected chi connectivity index (χ4v) is 2.13. The lowest BCUT2D eigenvalue weighted by atomic mass is 9.89. The molecule has 1 fully saturated rings. The number of amides is 1. The molecule has 0 saturated carbocycles. The van der Waals surface area contributed by atoms with Gasteiger partial charge >= 0.3 is 0 Å². The Morgan fingerprint density at radius 3 is 2.81 bits per heavy atom. The van der Waals surface area contributed by atoms with Gasteiger partial charge in [0, 0.05) is 6.61 Å². The summed E-state index contributed by atoms with van der Waals surface area (Å²) in [5.41, 5.74) is 3.25. The van der Waals surface area contributed by atoms with Crippen molar-refractivity contribution in [2.45, 2.75) is 18.9 Å². The number of hydrogen-bond donors (Lipinski definition) is 2. The van der Waals surface area contributed by atoms with E-state index in [4.69, 9.17) is 10.6 Å². The molecule has 2 atom stereocenters. The van der Waals surface area contributed by atoms with Crippen molar-refractivity contribution >= 4 is 5.91 Å². The largest absolute Gasteiger partial charge is 0.373 e. The number of ether oxygens (including phenoxy) is 1. The van der Waals surface area contributed by atoms with E-state index >= 15 is 0 Å². The van der Waals surface area contributed by atoms with Gasteiger partial charge in [-0.2, -0.15) is 0 Å². The number of rotatable bonds is 2. The molecule has 4 nitrogen and oxygen atoms in total. The number of nitrogens with one attached hydrogen (secondary N) is 1. The second-order valence-corrected chi connectivity index (χ2v) is 3.96. The molecule has 0 aromatic heterocycles. The predicted octanol–water partition coefficient (Wildman–Crippen LogP) is 1.14. The molecular formula is C12H16N2O2. The quantitative estimate of drug-likeness (QED) is 0.446. The van der Waals surface area contributed by atoms with Gasteiger partial charge in [-0.3, -0.25) is 10.2 Å². The van der Waals surface area contributed by atoms with E-state index in [1.165, 1.54) is 0 Å². The Balaban J connectivity index is 2.20. The topological polar surface area (TPSA) is 64.3 Å². The monoisotopic (exact) mass is 220 g/mol. The molecule has 1 aliphatic heterocycles. The first kappa shape index (κ1) is 11.1. The highest BCUT2D eigenvalue weighted by Crippen LogP contribution is 2.33. The standard InChI is InChI=1S/C12H16N2O2/c13-14-12(15)10-7-4-8-16-11(10)9-5-2-1-3-6-9/h1-3,5-6,10-11H,4,7-8,13H2,(H,14,15)/t10-,11+/m1/s1. The molecule has 86 valence electrons. The summed E-state index contributed by atoms with van der Waals surface area (Å²) >= 11 is 0. The maximum Gasteiger partial charge on any atom is 0.239 e.